The Hall–Kier alpha value is -1.56. The lowest BCUT2D eigenvalue weighted by molar-refractivity contribution is 0.210. The first-order valence-electron chi connectivity index (χ1n) is 4.55. The van der Waals surface area contributed by atoms with Crippen molar-refractivity contribution in [1.82, 2.24) is 20.6 Å². The molecule has 0 saturated carbocycles. The summed E-state index contributed by atoms with van der Waals surface area (Å²) in [5.41, 5.74) is 0. The molecule has 2 aromatic rings. The number of para-hydroxylation sites is 1. The van der Waals surface area contributed by atoms with Gasteiger partial charge in [0.05, 0.1) is 0 Å². The Balaban J connectivity index is 1.89. The summed E-state index contributed by atoms with van der Waals surface area (Å²) in [7, 11) is 0. The van der Waals surface area contributed by atoms with Crippen molar-refractivity contribution in [3.8, 4) is 5.75 Å². The third kappa shape index (κ3) is 1.56. The Kier molecular flexibility index (Phi) is 2.06. The number of tetrazole rings is 1. The summed E-state index contributed by atoms with van der Waals surface area (Å²) in [4.78, 5) is 1.16. The first-order valence-corrected chi connectivity index (χ1v) is 5.54. The van der Waals surface area contributed by atoms with Gasteiger partial charge in [0, 0.05) is 10.6 Å². The van der Waals surface area contributed by atoms with E-state index in [-0.39, 0.29) is 6.10 Å². The second-order valence-electron chi connectivity index (χ2n) is 3.13. The molecule has 1 unspecified atom stereocenters. The molecule has 0 radical (unpaired) electrons. The van der Waals surface area contributed by atoms with Crippen molar-refractivity contribution in [2.75, 3.05) is 5.75 Å². The van der Waals surface area contributed by atoms with Crippen LogP contribution >= 0.6 is 11.8 Å². The Morgan fingerprint density at radius 2 is 2.33 bits per heavy atom. The molecule has 6 heteroatoms. The summed E-state index contributed by atoms with van der Waals surface area (Å²) >= 11 is 1.75. The minimum atomic E-state index is -0.108. The number of rotatable bonds is 1. The molecule has 5 nitrogen and oxygen atoms in total. The van der Waals surface area contributed by atoms with Crippen LogP contribution in [-0.4, -0.2) is 26.4 Å². The fourth-order valence-corrected chi connectivity index (χ4v) is 2.43. The maximum atomic E-state index is 5.77. The number of benzene rings is 1. The summed E-state index contributed by atoms with van der Waals surface area (Å²) in [5, 5.41) is 13.8. The number of fused-ring (bicyclic) bond motifs is 1. The molecule has 3 rings (SSSR count). The average Bonchev–Trinajstić information content (AvgIpc) is 2.82. The van der Waals surface area contributed by atoms with Crippen molar-refractivity contribution in [3.63, 3.8) is 0 Å². The summed E-state index contributed by atoms with van der Waals surface area (Å²) in [5.74, 6) is 2.32. The molecule has 0 bridgehead atoms. The summed E-state index contributed by atoms with van der Waals surface area (Å²) in [6.07, 6.45) is -0.108. The summed E-state index contributed by atoms with van der Waals surface area (Å²) in [6.45, 7) is 0. The van der Waals surface area contributed by atoms with Gasteiger partial charge in [-0.05, 0) is 12.1 Å². The minimum Gasteiger partial charge on any atom is -0.480 e. The van der Waals surface area contributed by atoms with E-state index in [1.54, 1.807) is 11.8 Å². The monoisotopic (exact) mass is 220 g/mol. The van der Waals surface area contributed by atoms with Crippen molar-refractivity contribution < 1.29 is 4.74 Å². The highest BCUT2D eigenvalue weighted by Gasteiger charge is 2.24. The van der Waals surface area contributed by atoms with Crippen molar-refractivity contribution in [2.24, 2.45) is 0 Å². The van der Waals surface area contributed by atoms with Crippen LogP contribution in [0.1, 0.15) is 11.9 Å². The molecular formula is C9H8N4OS. The lowest BCUT2D eigenvalue weighted by Gasteiger charge is -2.22. The number of nitrogens with one attached hydrogen (secondary N) is 1. The number of nitrogens with zero attached hydrogens (tertiary/aromatic N) is 3. The van der Waals surface area contributed by atoms with Gasteiger partial charge >= 0.3 is 0 Å². The number of ether oxygens (including phenoxy) is 1. The fourth-order valence-electron chi connectivity index (χ4n) is 1.45. The Morgan fingerprint density at radius 1 is 1.40 bits per heavy atom. The van der Waals surface area contributed by atoms with Crippen LogP contribution in [0, 0.1) is 0 Å². The van der Waals surface area contributed by atoms with Gasteiger partial charge in [0.25, 0.3) is 0 Å². The molecule has 15 heavy (non-hydrogen) atoms. The van der Waals surface area contributed by atoms with E-state index in [1.807, 2.05) is 24.3 Å². The molecule has 2 heterocycles. The molecule has 1 atom stereocenters. The molecule has 0 saturated heterocycles. The highest BCUT2D eigenvalue weighted by Crippen LogP contribution is 2.38. The van der Waals surface area contributed by atoms with Crippen LogP contribution in [0.2, 0.25) is 0 Å². The van der Waals surface area contributed by atoms with E-state index in [1.165, 1.54) is 0 Å². The van der Waals surface area contributed by atoms with Gasteiger partial charge in [-0.2, -0.15) is 5.21 Å². The van der Waals surface area contributed by atoms with Crippen LogP contribution < -0.4 is 4.74 Å². The van der Waals surface area contributed by atoms with E-state index in [2.05, 4.69) is 20.6 Å². The normalized spacial score (nSPS) is 19.3. The second-order valence-corrected chi connectivity index (χ2v) is 4.20. The van der Waals surface area contributed by atoms with E-state index in [0.29, 0.717) is 5.82 Å². The number of aromatic nitrogens is 4. The molecule has 76 valence electrons. The predicted octanol–water partition coefficient (Wildman–Crippen LogP) is 1.43. The first-order chi connectivity index (χ1) is 7.43. The van der Waals surface area contributed by atoms with E-state index in [9.17, 15) is 0 Å². The second kappa shape index (κ2) is 3.54. The maximum Gasteiger partial charge on any atom is 0.215 e. The topological polar surface area (TPSA) is 63.7 Å². The molecule has 0 aliphatic carbocycles. The van der Waals surface area contributed by atoms with Gasteiger partial charge in [0.15, 0.2) is 6.10 Å². The Morgan fingerprint density at radius 3 is 3.20 bits per heavy atom. The third-order valence-corrected chi connectivity index (χ3v) is 3.28. The van der Waals surface area contributed by atoms with Crippen LogP contribution in [0.3, 0.4) is 0 Å². The van der Waals surface area contributed by atoms with Crippen LogP contribution in [0.15, 0.2) is 29.2 Å². The summed E-state index contributed by atoms with van der Waals surface area (Å²) in [6, 6.07) is 7.96. The lowest BCUT2D eigenvalue weighted by atomic mass is 10.3. The number of hydrogen-bond acceptors (Lipinski definition) is 5. The molecule has 1 aliphatic rings. The van der Waals surface area contributed by atoms with Gasteiger partial charge in [-0.15, -0.1) is 22.0 Å². The van der Waals surface area contributed by atoms with E-state index >= 15 is 0 Å². The van der Waals surface area contributed by atoms with Crippen LogP contribution in [-0.2, 0) is 0 Å². The molecule has 0 fully saturated rings. The zero-order valence-electron chi connectivity index (χ0n) is 7.75. The molecular weight excluding hydrogens is 212 g/mol. The number of thioether (sulfide) groups is 1. The minimum absolute atomic E-state index is 0.108. The molecule has 1 aliphatic heterocycles. The van der Waals surface area contributed by atoms with Gasteiger partial charge in [-0.1, -0.05) is 17.3 Å². The van der Waals surface area contributed by atoms with Gasteiger partial charge < -0.3 is 4.74 Å². The molecule has 1 N–H and O–H groups in total. The van der Waals surface area contributed by atoms with E-state index < -0.39 is 0 Å². The number of aromatic amines is 1. The van der Waals surface area contributed by atoms with Crippen LogP contribution in [0.4, 0.5) is 0 Å². The van der Waals surface area contributed by atoms with Crippen LogP contribution in [0.5, 0.6) is 5.75 Å². The predicted molar refractivity (Wildman–Crippen MR) is 54.7 cm³/mol. The van der Waals surface area contributed by atoms with Gasteiger partial charge in [-0.3, -0.25) is 0 Å². The summed E-state index contributed by atoms with van der Waals surface area (Å²) < 4.78 is 5.77. The highest BCUT2D eigenvalue weighted by molar-refractivity contribution is 7.99. The fraction of sp³-hybridized carbons (Fsp3) is 0.222. The maximum absolute atomic E-state index is 5.77. The van der Waals surface area contributed by atoms with E-state index in [4.69, 9.17) is 4.74 Å². The zero-order chi connectivity index (χ0) is 10.1. The molecule has 1 aromatic heterocycles. The Bertz CT molecular complexity index is 459. The zero-order valence-corrected chi connectivity index (χ0v) is 8.57. The SMILES string of the molecule is c1ccc2c(c1)OC(c1nn[nH]n1)CS2. The van der Waals surface area contributed by atoms with E-state index in [0.717, 1.165) is 16.4 Å². The standard InChI is InChI=1S/C9H8N4OS/c1-2-4-8-6(3-1)14-7(5-15-8)9-10-12-13-11-9/h1-4,7H,5H2,(H,10,11,12,13). The molecule has 1 aromatic carbocycles. The Labute approximate surface area is 90.2 Å². The van der Waals surface area contributed by atoms with Gasteiger partial charge in [0.2, 0.25) is 5.82 Å². The lowest BCUT2D eigenvalue weighted by Crippen LogP contribution is -2.16. The highest BCUT2D eigenvalue weighted by atomic mass is 32.2. The quantitative estimate of drug-likeness (QED) is 0.787. The number of H-pyrrole nitrogens is 1. The number of hydrogen-bond donors (Lipinski definition) is 1. The molecule has 0 spiro atoms. The van der Waals surface area contributed by atoms with Crippen molar-refractivity contribution in [2.45, 2.75) is 11.0 Å². The van der Waals surface area contributed by atoms with Crippen LogP contribution in [0.25, 0.3) is 0 Å². The van der Waals surface area contributed by atoms with Gasteiger partial charge in [0.1, 0.15) is 5.75 Å². The van der Waals surface area contributed by atoms with Crippen molar-refractivity contribution in [3.05, 3.63) is 30.1 Å². The average molecular weight is 220 g/mol. The first kappa shape index (κ1) is 8.72. The smallest absolute Gasteiger partial charge is 0.215 e. The largest absolute Gasteiger partial charge is 0.480 e. The van der Waals surface area contributed by atoms with Gasteiger partial charge in [-0.25, -0.2) is 0 Å². The van der Waals surface area contributed by atoms with Crippen molar-refractivity contribution in [1.29, 1.82) is 0 Å². The third-order valence-electron chi connectivity index (χ3n) is 2.16. The van der Waals surface area contributed by atoms with Crippen molar-refractivity contribution >= 4 is 11.8 Å². The molecule has 0 amide bonds.